The number of aromatic nitrogens is 2. The number of amides is 1. The van der Waals surface area contributed by atoms with Gasteiger partial charge >= 0.3 is 0 Å². The van der Waals surface area contributed by atoms with Crippen molar-refractivity contribution in [1.82, 2.24) is 9.97 Å². The van der Waals surface area contributed by atoms with E-state index in [0.717, 1.165) is 24.1 Å². The first-order valence-corrected chi connectivity index (χ1v) is 9.22. The second kappa shape index (κ2) is 7.58. The molecule has 1 N–H and O–H groups in total. The van der Waals surface area contributed by atoms with E-state index in [9.17, 15) is 4.79 Å². The lowest BCUT2D eigenvalue weighted by atomic mass is 10.0. The molecule has 0 bridgehead atoms. The predicted molar refractivity (Wildman–Crippen MR) is 107 cm³/mol. The Bertz CT molecular complexity index is 953. The number of hydrogen-bond acceptors (Lipinski definition) is 4. The molecule has 1 aliphatic rings. The van der Waals surface area contributed by atoms with Gasteiger partial charge in [-0.25, -0.2) is 9.97 Å². The summed E-state index contributed by atoms with van der Waals surface area (Å²) in [5.74, 6) is 0.571. The third-order valence-electron chi connectivity index (χ3n) is 4.84. The molecule has 0 atom stereocenters. The number of para-hydroxylation sites is 1. The summed E-state index contributed by atoms with van der Waals surface area (Å²) < 4.78 is 0. The number of carbonyl (C=O) groups excluding carboxylic acids is 1. The molecule has 1 amide bonds. The first kappa shape index (κ1) is 17.2. The van der Waals surface area contributed by atoms with Crippen LogP contribution in [0.2, 0.25) is 0 Å². The van der Waals surface area contributed by atoms with Crippen LogP contribution in [0.5, 0.6) is 0 Å². The largest absolute Gasteiger partial charge is 0.366 e. The van der Waals surface area contributed by atoms with Crippen LogP contribution in [-0.4, -0.2) is 22.4 Å². The van der Waals surface area contributed by atoms with Gasteiger partial charge in [0.15, 0.2) is 0 Å². The molecule has 136 valence electrons. The zero-order valence-corrected chi connectivity index (χ0v) is 15.4. The molecule has 0 saturated heterocycles. The second-order valence-electron chi connectivity index (χ2n) is 6.82. The zero-order valence-electron chi connectivity index (χ0n) is 15.4. The number of rotatable bonds is 4. The van der Waals surface area contributed by atoms with Crippen LogP contribution in [0.1, 0.15) is 33.6 Å². The molecule has 4 rings (SSSR count). The van der Waals surface area contributed by atoms with Crippen LogP contribution in [0.4, 0.5) is 11.5 Å². The highest BCUT2D eigenvalue weighted by atomic mass is 16.2. The molecule has 0 radical (unpaired) electrons. The molecule has 0 fully saturated rings. The van der Waals surface area contributed by atoms with E-state index in [1.54, 1.807) is 6.07 Å². The van der Waals surface area contributed by atoms with Crippen molar-refractivity contribution in [1.29, 1.82) is 0 Å². The number of benzene rings is 2. The number of nitrogens with one attached hydrogen (secondary N) is 1. The highest BCUT2D eigenvalue weighted by Crippen LogP contribution is 2.28. The highest BCUT2D eigenvalue weighted by molar-refractivity contribution is 6.05. The molecular formula is C22H22N4O. The van der Waals surface area contributed by atoms with Crippen LogP contribution in [-0.2, 0) is 13.0 Å². The molecule has 27 heavy (non-hydrogen) atoms. The SMILES string of the molecule is Cc1ccc(CNc2cc(C(=O)N3CCCc4ccccc43)ncn2)cc1. The van der Waals surface area contributed by atoms with Crippen molar-refractivity contribution >= 4 is 17.4 Å². The molecular weight excluding hydrogens is 336 g/mol. The Morgan fingerprint density at radius 3 is 2.78 bits per heavy atom. The van der Waals surface area contributed by atoms with E-state index >= 15 is 0 Å². The summed E-state index contributed by atoms with van der Waals surface area (Å²) in [6, 6.07) is 18.1. The van der Waals surface area contributed by atoms with Gasteiger partial charge in [0, 0.05) is 24.8 Å². The number of carbonyl (C=O) groups is 1. The number of nitrogens with zero attached hydrogens (tertiary/aromatic N) is 3. The molecule has 3 aromatic rings. The maximum atomic E-state index is 13.0. The van der Waals surface area contributed by atoms with Gasteiger partial charge in [-0.05, 0) is 37.0 Å². The maximum absolute atomic E-state index is 13.0. The van der Waals surface area contributed by atoms with Gasteiger partial charge in [-0.15, -0.1) is 0 Å². The Morgan fingerprint density at radius 1 is 1.11 bits per heavy atom. The standard InChI is InChI=1S/C22H22N4O/c1-16-8-10-17(11-9-16)14-23-21-13-19(24-15-25-21)22(27)26-12-4-6-18-5-2-3-7-20(18)26/h2-3,5,7-11,13,15H,4,6,12,14H2,1H3,(H,23,24,25). The Kier molecular flexibility index (Phi) is 4.83. The fourth-order valence-corrected chi connectivity index (χ4v) is 3.35. The van der Waals surface area contributed by atoms with Crippen molar-refractivity contribution in [3.05, 3.63) is 83.3 Å². The summed E-state index contributed by atoms with van der Waals surface area (Å²) in [7, 11) is 0. The smallest absolute Gasteiger partial charge is 0.277 e. The molecule has 1 aliphatic heterocycles. The Morgan fingerprint density at radius 2 is 1.93 bits per heavy atom. The minimum Gasteiger partial charge on any atom is -0.366 e. The van der Waals surface area contributed by atoms with Crippen LogP contribution >= 0.6 is 0 Å². The number of hydrogen-bond donors (Lipinski definition) is 1. The second-order valence-corrected chi connectivity index (χ2v) is 6.82. The molecule has 1 aromatic heterocycles. The van der Waals surface area contributed by atoms with Gasteiger partial charge in [0.25, 0.3) is 5.91 Å². The van der Waals surface area contributed by atoms with E-state index in [0.29, 0.717) is 24.6 Å². The van der Waals surface area contributed by atoms with Gasteiger partial charge < -0.3 is 10.2 Å². The molecule has 0 spiro atoms. The van der Waals surface area contributed by atoms with Crippen LogP contribution in [0.15, 0.2) is 60.9 Å². The van der Waals surface area contributed by atoms with Gasteiger partial charge in [-0.2, -0.15) is 0 Å². The molecule has 5 nitrogen and oxygen atoms in total. The Balaban J connectivity index is 1.51. The van der Waals surface area contributed by atoms with E-state index < -0.39 is 0 Å². The monoisotopic (exact) mass is 358 g/mol. The van der Waals surface area contributed by atoms with Crippen molar-refractivity contribution in [2.24, 2.45) is 0 Å². The van der Waals surface area contributed by atoms with Gasteiger partial charge in [-0.1, -0.05) is 48.0 Å². The summed E-state index contributed by atoms with van der Waals surface area (Å²) in [5.41, 5.74) is 5.01. The summed E-state index contributed by atoms with van der Waals surface area (Å²) in [5, 5.41) is 3.28. The zero-order chi connectivity index (χ0) is 18.6. The molecule has 0 saturated carbocycles. The van der Waals surface area contributed by atoms with Crippen LogP contribution < -0.4 is 10.2 Å². The fourth-order valence-electron chi connectivity index (χ4n) is 3.35. The lowest BCUT2D eigenvalue weighted by molar-refractivity contribution is 0.0980. The third-order valence-corrected chi connectivity index (χ3v) is 4.84. The van der Waals surface area contributed by atoms with Crippen LogP contribution in [0.25, 0.3) is 0 Å². The summed E-state index contributed by atoms with van der Waals surface area (Å²) >= 11 is 0. The van der Waals surface area contributed by atoms with Crippen LogP contribution in [0, 0.1) is 6.92 Å². The fraction of sp³-hybridized carbons (Fsp3) is 0.227. The van der Waals surface area contributed by atoms with E-state index in [2.05, 4.69) is 52.5 Å². The topological polar surface area (TPSA) is 58.1 Å². The number of fused-ring (bicyclic) bond motifs is 1. The molecule has 5 heteroatoms. The predicted octanol–water partition coefficient (Wildman–Crippen LogP) is 3.99. The van der Waals surface area contributed by atoms with Crippen molar-refractivity contribution in [2.45, 2.75) is 26.3 Å². The molecule has 2 aromatic carbocycles. The van der Waals surface area contributed by atoms with Crippen molar-refractivity contribution in [3.63, 3.8) is 0 Å². The number of anilines is 2. The average molecular weight is 358 g/mol. The Hall–Kier alpha value is -3.21. The first-order chi connectivity index (χ1) is 13.2. The number of aryl methyl sites for hydroxylation is 2. The maximum Gasteiger partial charge on any atom is 0.277 e. The summed E-state index contributed by atoms with van der Waals surface area (Å²) in [4.78, 5) is 23.3. The van der Waals surface area contributed by atoms with Crippen LogP contribution in [0.3, 0.4) is 0 Å². The third kappa shape index (κ3) is 3.82. The van der Waals surface area contributed by atoms with Crippen molar-refractivity contribution in [3.8, 4) is 0 Å². The van der Waals surface area contributed by atoms with E-state index in [-0.39, 0.29) is 5.91 Å². The minimum absolute atomic E-state index is 0.0806. The van der Waals surface area contributed by atoms with Gasteiger partial charge in [0.2, 0.25) is 0 Å². The lowest BCUT2D eigenvalue weighted by Gasteiger charge is -2.29. The first-order valence-electron chi connectivity index (χ1n) is 9.22. The Labute approximate surface area is 159 Å². The molecule has 0 unspecified atom stereocenters. The molecule has 0 aliphatic carbocycles. The lowest BCUT2D eigenvalue weighted by Crippen LogP contribution is -2.36. The van der Waals surface area contributed by atoms with Gasteiger partial charge in [0.05, 0.1) is 0 Å². The summed E-state index contributed by atoms with van der Waals surface area (Å²) in [6.45, 7) is 3.43. The quantitative estimate of drug-likeness (QED) is 0.766. The van der Waals surface area contributed by atoms with E-state index in [1.807, 2.05) is 23.1 Å². The van der Waals surface area contributed by atoms with E-state index in [4.69, 9.17) is 0 Å². The average Bonchev–Trinajstić information content (AvgIpc) is 2.72. The van der Waals surface area contributed by atoms with Gasteiger partial charge in [0.1, 0.15) is 17.8 Å². The normalized spacial score (nSPS) is 13.1. The minimum atomic E-state index is -0.0806. The van der Waals surface area contributed by atoms with Gasteiger partial charge in [-0.3, -0.25) is 4.79 Å². The highest BCUT2D eigenvalue weighted by Gasteiger charge is 2.24. The molecule has 2 heterocycles. The van der Waals surface area contributed by atoms with Crippen molar-refractivity contribution < 1.29 is 4.79 Å². The van der Waals surface area contributed by atoms with E-state index in [1.165, 1.54) is 17.5 Å². The van der Waals surface area contributed by atoms with Crippen molar-refractivity contribution in [2.75, 3.05) is 16.8 Å². The summed E-state index contributed by atoms with van der Waals surface area (Å²) in [6.07, 6.45) is 3.42.